The van der Waals surface area contributed by atoms with Crippen LogP contribution in [0.2, 0.25) is 10.0 Å². The molecule has 0 saturated carbocycles. The Hall–Kier alpha value is -2.54. The molecule has 8 heteroatoms. The molecule has 0 aliphatic heterocycles. The lowest BCUT2D eigenvalue weighted by molar-refractivity contribution is 0.0996. The fraction of sp³-hybridized carbons (Fsp3) is 0.143. The van der Waals surface area contributed by atoms with Crippen LogP contribution in [0.3, 0.4) is 0 Å². The molecule has 0 atom stereocenters. The lowest BCUT2D eigenvalue weighted by atomic mass is 10.1. The summed E-state index contributed by atoms with van der Waals surface area (Å²) in [6.07, 6.45) is 0. The molecule has 0 N–H and O–H groups in total. The molecule has 4 aromatic rings. The monoisotopic (exact) mass is 446 g/mol. The summed E-state index contributed by atoms with van der Waals surface area (Å²) in [6, 6.07) is 12.6. The third-order valence-electron chi connectivity index (χ3n) is 4.61. The number of thiophene rings is 1. The van der Waals surface area contributed by atoms with Crippen molar-refractivity contribution >= 4 is 67.3 Å². The Morgan fingerprint density at radius 3 is 2.45 bits per heavy atom. The van der Waals surface area contributed by atoms with Gasteiger partial charge in [-0.1, -0.05) is 23.2 Å². The van der Waals surface area contributed by atoms with E-state index in [0.717, 1.165) is 15.6 Å². The Balaban J connectivity index is 1.78. The van der Waals surface area contributed by atoms with Crippen LogP contribution in [0.25, 0.3) is 21.1 Å². The number of anilines is 1. The van der Waals surface area contributed by atoms with Crippen LogP contribution in [-0.4, -0.2) is 32.2 Å². The van der Waals surface area contributed by atoms with Crippen LogP contribution >= 0.6 is 34.5 Å². The minimum Gasteiger partial charge on any atom is -0.495 e. The van der Waals surface area contributed by atoms with Crippen LogP contribution in [-0.2, 0) is 0 Å². The molecule has 0 spiro atoms. The number of carbonyl (C=O) groups is 1. The lowest BCUT2D eigenvalue weighted by Crippen LogP contribution is -2.25. The Kier molecular flexibility index (Phi) is 5.25. The number of hydrogen-bond donors (Lipinski definition) is 0. The highest BCUT2D eigenvalue weighted by Gasteiger charge is 2.21. The molecule has 2 heterocycles. The number of methoxy groups -OCH3 is 2. The molecule has 4 rings (SSSR count). The third-order valence-corrected chi connectivity index (χ3v) is 6.25. The average Bonchev–Trinajstić information content (AvgIpc) is 3.14. The fourth-order valence-corrected chi connectivity index (χ4v) is 4.56. The van der Waals surface area contributed by atoms with Crippen LogP contribution in [0.15, 0.2) is 42.5 Å². The maximum atomic E-state index is 13.1. The number of carbonyl (C=O) groups excluding carboxylic acids is 1. The number of nitrogens with zero attached hydrogens (tertiary/aromatic N) is 2. The van der Waals surface area contributed by atoms with E-state index < -0.39 is 0 Å². The Labute approximate surface area is 181 Å². The van der Waals surface area contributed by atoms with Crippen molar-refractivity contribution in [2.75, 3.05) is 26.2 Å². The molecule has 0 aliphatic rings. The second kappa shape index (κ2) is 7.71. The number of pyridine rings is 1. The molecule has 29 heavy (non-hydrogen) atoms. The zero-order valence-electron chi connectivity index (χ0n) is 15.8. The lowest BCUT2D eigenvalue weighted by Gasteiger charge is -2.19. The van der Waals surface area contributed by atoms with Crippen LogP contribution in [0.1, 0.15) is 9.67 Å². The predicted octanol–water partition coefficient (Wildman–Crippen LogP) is 6.05. The van der Waals surface area contributed by atoms with Gasteiger partial charge in [-0.2, -0.15) is 0 Å². The summed E-state index contributed by atoms with van der Waals surface area (Å²) in [5, 5.41) is 2.73. The van der Waals surface area contributed by atoms with E-state index in [4.69, 9.17) is 32.7 Å². The van der Waals surface area contributed by atoms with Crippen molar-refractivity contribution in [1.29, 1.82) is 0 Å². The molecular weight excluding hydrogens is 431 g/mol. The summed E-state index contributed by atoms with van der Waals surface area (Å²) in [7, 11) is 4.80. The van der Waals surface area contributed by atoms with Gasteiger partial charge in [0, 0.05) is 22.8 Å². The average molecular weight is 447 g/mol. The fourth-order valence-electron chi connectivity index (χ4n) is 3.11. The van der Waals surface area contributed by atoms with Crippen molar-refractivity contribution in [3.05, 3.63) is 57.4 Å². The SMILES string of the molecule is COc1ccc(Cl)cc1N(C)C(=O)c1cc2cc3ccc(OC)c(Cl)c3nc2s1. The standard InChI is InChI=1S/C21H16Cl2N2O3S/c1-25(14-10-13(22)5-7-15(14)27-2)21(26)17-9-12-8-11-4-6-16(28-3)18(23)19(11)24-20(12)29-17/h4-10H,1-3H3. The van der Waals surface area contributed by atoms with Gasteiger partial charge in [0.1, 0.15) is 21.4 Å². The largest absolute Gasteiger partial charge is 0.495 e. The van der Waals surface area contributed by atoms with Gasteiger partial charge in [0.2, 0.25) is 0 Å². The Morgan fingerprint density at radius 1 is 1.00 bits per heavy atom. The second-order valence-corrected chi connectivity index (χ2v) is 8.17. The van der Waals surface area contributed by atoms with Gasteiger partial charge in [0.15, 0.2) is 0 Å². The summed E-state index contributed by atoms with van der Waals surface area (Å²) >= 11 is 13.8. The first-order valence-electron chi connectivity index (χ1n) is 8.61. The number of rotatable bonds is 4. The number of amides is 1. The van der Waals surface area contributed by atoms with Crippen molar-refractivity contribution in [1.82, 2.24) is 4.98 Å². The summed E-state index contributed by atoms with van der Waals surface area (Å²) in [5.41, 5.74) is 1.23. The summed E-state index contributed by atoms with van der Waals surface area (Å²) < 4.78 is 10.6. The van der Waals surface area contributed by atoms with E-state index in [1.807, 2.05) is 18.2 Å². The molecule has 148 valence electrons. The molecule has 0 unspecified atom stereocenters. The predicted molar refractivity (Wildman–Crippen MR) is 119 cm³/mol. The van der Waals surface area contributed by atoms with Crippen molar-refractivity contribution < 1.29 is 14.3 Å². The minimum absolute atomic E-state index is 0.179. The van der Waals surface area contributed by atoms with Crippen LogP contribution in [0, 0.1) is 0 Å². The van der Waals surface area contributed by atoms with E-state index >= 15 is 0 Å². The smallest absolute Gasteiger partial charge is 0.268 e. The summed E-state index contributed by atoms with van der Waals surface area (Å²) in [4.78, 5) is 20.6. The van der Waals surface area contributed by atoms with Crippen LogP contribution in [0.4, 0.5) is 5.69 Å². The zero-order chi connectivity index (χ0) is 20.7. The highest BCUT2D eigenvalue weighted by atomic mass is 35.5. The number of fused-ring (bicyclic) bond motifs is 2. The quantitative estimate of drug-likeness (QED) is 0.382. The van der Waals surface area contributed by atoms with Gasteiger partial charge in [-0.3, -0.25) is 4.79 Å². The topological polar surface area (TPSA) is 51.7 Å². The molecular formula is C21H16Cl2N2O3S. The van der Waals surface area contributed by atoms with E-state index in [-0.39, 0.29) is 5.91 Å². The number of hydrogen-bond acceptors (Lipinski definition) is 5. The minimum atomic E-state index is -0.179. The summed E-state index contributed by atoms with van der Waals surface area (Å²) in [6.45, 7) is 0. The van der Waals surface area contributed by atoms with Crippen LogP contribution in [0.5, 0.6) is 11.5 Å². The number of benzene rings is 2. The Bertz CT molecular complexity index is 1260. The first-order chi connectivity index (χ1) is 13.9. The molecule has 2 aromatic carbocycles. The van der Waals surface area contributed by atoms with E-state index in [1.54, 1.807) is 45.5 Å². The van der Waals surface area contributed by atoms with Gasteiger partial charge in [0.25, 0.3) is 5.91 Å². The molecule has 0 radical (unpaired) electrons. The molecule has 5 nitrogen and oxygen atoms in total. The van der Waals surface area contributed by atoms with Crippen LogP contribution < -0.4 is 14.4 Å². The maximum Gasteiger partial charge on any atom is 0.268 e. The highest BCUT2D eigenvalue weighted by molar-refractivity contribution is 7.20. The van der Waals surface area contributed by atoms with Gasteiger partial charge in [-0.25, -0.2) is 4.98 Å². The number of ether oxygens (including phenoxy) is 2. The van der Waals surface area contributed by atoms with Gasteiger partial charge < -0.3 is 14.4 Å². The molecule has 0 fully saturated rings. The Morgan fingerprint density at radius 2 is 1.72 bits per heavy atom. The molecule has 0 bridgehead atoms. The number of halogens is 2. The molecule has 1 amide bonds. The van der Waals surface area contributed by atoms with E-state index in [2.05, 4.69) is 4.98 Å². The zero-order valence-corrected chi connectivity index (χ0v) is 18.2. The van der Waals surface area contributed by atoms with E-state index in [1.165, 1.54) is 16.2 Å². The molecule has 2 aromatic heterocycles. The van der Waals surface area contributed by atoms with Crippen molar-refractivity contribution in [2.45, 2.75) is 0 Å². The first-order valence-corrected chi connectivity index (χ1v) is 10.2. The van der Waals surface area contributed by atoms with Crippen molar-refractivity contribution in [2.24, 2.45) is 0 Å². The van der Waals surface area contributed by atoms with E-state index in [9.17, 15) is 4.79 Å². The van der Waals surface area contributed by atoms with Gasteiger partial charge in [0.05, 0.1) is 30.3 Å². The summed E-state index contributed by atoms with van der Waals surface area (Å²) in [5.74, 6) is 0.946. The first kappa shape index (κ1) is 19.8. The van der Waals surface area contributed by atoms with Gasteiger partial charge in [-0.05, 0) is 42.5 Å². The second-order valence-electron chi connectivity index (χ2n) is 6.33. The normalized spacial score (nSPS) is 11.1. The molecule has 0 aliphatic carbocycles. The highest BCUT2D eigenvalue weighted by Crippen LogP contribution is 2.36. The number of aromatic nitrogens is 1. The van der Waals surface area contributed by atoms with Crippen molar-refractivity contribution in [3.8, 4) is 11.5 Å². The third kappa shape index (κ3) is 3.48. The van der Waals surface area contributed by atoms with Gasteiger partial charge >= 0.3 is 0 Å². The maximum absolute atomic E-state index is 13.1. The van der Waals surface area contributed by atoms with E-state index in [0.29, 0.717) is 37.6 Å². The molecule has 0 saturated heterocycles. The van der Waals surface area contributed by atoms with Gasteiger partial charge in [-0.15, -0.1) is 11.3 Å². The van der Waals surface area contributed by atoms with Crippen molar-refractivity contribution in [3.63, 3.8) is 0 Å².